The van der Waals surface area contributed by atoms with Gasteiger partial charge in [0, 0.05) is 37.2 Å². The molecule has 7 heteroatoms. The summed E-state index contributed by atoms with van der Waals surface area (Å²) in [6.07, 6.45) is 0. The first-order chi connectivity index (χ1) is 12.2. The fraction of sp³-hybridized carbons (Fsp3) is 0.222. The van der Waals surface area contributed by atoms with Crippen molar-refractivity contribution >= 4 is 34.3 Å². The van der Waals surface area contributed by atoms with Crippen molar-refractivity contribution in [3.63, 3.8) is 0 Å². The number of piperazine rings is 1. The molecule has 1 saturated heterocycles. The highest BCUT2D eigenvalue weighted by molar-refractivity contribution is 7.20. The molecule has 0 atom stereocenters. The zero-order valence-electron chi connectivity index (χ0n) is 13.4. The number of aromatic nitrogens is 1. The smallest absolute Gasteiger partial charge is 0.273 e. The number of benzene rings is 1. The van der Waals surface area contributed by atoms with Gasteiger partial charge in [0.25, 0.3) is 5.91 Å². The second-order valence-electron chi connectivity index (χ2n) is 5.77. The summed E-state index contributed by atoms with van der Waals surface area (Å²) < 4.78 is 13.0. The minimum Gasteiger partial charge on any atom is -0.368 e. The van der Waals surface area contributed by atoms with Gasteiger partial charge < -0.3 is 9.80 Å². The molecule has 4 rings (SSSR count). The predicted molar refractivity (Wildman–Crippen MR) is 99.9 cm³/mol. The molecular formula is C18H16FN3OS2. The number of thiophene rings is 1. The van der Waals surface area contributed by atoms with Crippen LogP contribution in [0.1, 0.15) is 10.5 Å². The van der Waals surface area contributed by atoms with Gasteiger partial charge in [-0.25, -0.2) is 9.37 Å². The lowest BCUT2D eigenvalue weighted by molar-refractivity contribution is 0.0742. The predicted octanol–water partition coefficient (Wildman–Crippen LogP) is 3.97. The lowest BCUT2D eigenvalue weighted by Gasteiger charge is -2.35. The van der Waals surface area contributed by atoms with Crippen molar-refractivity contribution in [1.82, 2.24) is 9.88 Å². The normalized spacial score (nSPS) is 14.8. The fourth-order valence-electron chi connectivity index (χ4n) is 2.87. The molecule has 0 radical (unpaired) electrons. The molecule has 1 aromatic carbocycles. The van der Waals surface area contributed by atoms with Gasteiger partial charge in [0.2, 0.25) is 0 Å². The quantitative estimate of drug-likeness (QED) is 0.697. The van der Waals surface area contributed by atoms with Crippen LogP contribution in [0, 0.1) is 5.82 Å². The van der Waals surface area contributed by atoms with Gasteiger partial charge in [0.05, 0.1) is 4.88 Å². The summed E-state index contributed by atoms with van der Waals surface area (Å²) in [5.41, 5.74) is 1.51. The molecule has 0 unspecified atom stereocenters. The fourth-order valence-corrected chi connectivity index (χ4v) is 4.48. The van der Waals surface area contributed by atoms with Gasteiger partial charge in [0.1, 0.15) is 16.5 Å². The molecule has 0 aliphatic carbocycles. The second-order valence-corrected chi connectivity index (χ2v) is 7.58. The molecule has 128 valence electrons. The van der Waals surface area contributed by atoms with E-state index >= 15 is 0 Å². The van der Waals surface area contributed by atoms with Gasteiger partial charge in [-0.15, -0.1) is 22.7 Å². The lowest BCUT2D eigenvalue weighted by atomic mass is 10.2. The molecule has 0 N–H and O–H groups in total. The largest absolute Gasteiger partial charge is 0.368 e. The number of amides is 1. The summed E-state index contributed by atoms with van der Waals surface area (Å²) in [7, 11) is 0. The Morgan fingerprint density at radius 3 is 2.48 bits per heavy atom. The van der Waals surface area contributed by atoms with Crippen LogP contribution in [-0.2, 0) is 0 Å². The molecule has 1 aliphatic rings. The Hall–Kier alpha value is -2.25. The summed E-state index contributed by atoms with van der Waals surface area (Å²) in [6.45, 7) is 2.75. The maximum Gasteiger partial charge on any atom is 0.273 e. The van der Waals surface area contributed by atoms with E-state index in [1.807, 2.05) is 27.8 Å². The van der Waals surface area contributed by atoms with Crippen LogP contribution in [0.25, 0.3) is 9.88 Å². The van der Waals surface area contributed by atoms with Crippen LogP contribution in [0.2, 0.25) is 0 Å². The van der Waals surface area contributed by atoms with E-state index < -0.39 is 0 Å². The van der Waals surface area contributed by atoms with E-state index in [-0.39, 0.29) is 11.7 Å². The molecule has 1 aliphatic heterocycles. The molecule has 1 fully saturated rings. The topological polar surface area (TPSA) is 36.4 Å². The van der Waals surface area contributed by atoms with Crippen LogP contribution in [0.5, 0.6) is 0 Å². The Kier molecular flexibility index (Phi) is 4.50. The second kappa shape index (κ2) is 6.93. The molecule has 0 bridgehead atoms. The van der Waals surface area contributed by atoms with Crippen LogP contribution in [0.4, 0.5) is 10.1 Å². The van der Waals surface area contributed by atoms with Crippen molar-refractivity contribution in [3.8, 4) is 9.88 Å². The summed E-state index contributed by atoms with van der Waals surface area (Å²) >= 11 is 3.13. The van der Waals surface area contributed by atoms with Crippen molar-refractivity contribution in [2.45, 2.75) is 0 Å². The van der Waals surface area contributed by atoms with E-state index in [9.17, 15) is 9.18 Å². The van der Waals surface area contributed by atoms with Crippen molar-refractivity contribution in [2.24, 2.45) is 0 Å². The number of hydrogen-bond donors (Lipinski definition) is 0. The Balaban J connectivity index is 1.40. The first kappa shape index (κ1) is 16.2. The minimum atomic E-state index is -0.234. The standard InChI is InChI=1S/C18H16FN3OS2/c19-13-3-5-14(6-4-13)21-7-9-22(10-8-21)18(23)15-12-25-17(20-15)16-2-1-11-24-16/h1-6,11-12H,7-10H2. The molecule has 3 aromatic rings. The van der Waals surface area contributed by atoms with Crippen LogP contribution >= 0.6 is 22.7 Å². The average Bonchev–Trinajstić information content (AvgIpc) is 3.33. The number of anilines is 1. The highest BCUT2D eigenvalue weighted by Crippen LogP contribution is 2.28. The van der Waals surface area contributed by atoms with E-state index in [4.69, 9.17) is 0 Å². The monoisotopic (exact) mass is 373 g/mol. The number of nitrogens with zero attached hydrogens (tertiary/aromatic N) is 3. The SMILES string of the molecule is O=C(c1csc(-c2cccs2)n1)N1CCN(c2ccc(F)cc2)CC1. The highest BCUT2D eigenvalue weighted by atomic mass is 32.1. The Bertz CT molecular complexity index is 853. The van der Waals surface area contributed by atoms with Gasteiger partial charge in [-0.2, -0.15) is 0 Å². The van der Waals surface area contributed by atoms with Gasteiger partial charge >= 0.3 is 0 Å². The summed E-state index contributed by atoms with van der Waals surface area (Å²) in [6, 6.07) is 10.5. The lowest BCUT2D eigenvalue weighted by Crippen LogP contribution is -2.48. The highest BCUT2D eigenvalue weighted by Gasteiger charge is 2.24. The number of carbonyl (C=O) groups excluding carboxylic acids is 1. The van der Waals surface area contributed by atoms with Crippen molar-refractivity contribution in [2.75, 3.05) is 31.1 Å². The van der Waals surface area contributed by atoms with Crippen molar-refractivity contribution < 1.29 is 9.18 Å². The molecule has 1 amide bonds. The average molecular weight is 373 g/mol. The van der Waals surface area contributed by atoms with E-state index in [1.165, 1.54) is 23.5 Å². The third-order valence-electron chi connectivity index (χ3n) is 4.21. The number of thiazole rings is 1. The number of carbonyl (C=O) groups is 1. The minimum absolute atomic E-state index is 0.0159. The zero-order chi connectivity index (χ0) is 17.2. The van der Waals surface area contributed by atoms with Crippen LogP contribution < -0.4 is 4.90 Å². The maximum absolute atomic E-state index is 13.0. The Morgan fingerprint density at radius 1 is 1.04 bits per heavy atom. The van der Waals surface area contributed by atoms with Gasteiger partial charge in [-0.05, 0) is 35.7 Å². The number of halogens is 1. The van der Waals surface area contributed by atoms with E-state index in [0.717, 1.165) is 28.7 Å². The van der Waals surface area contributed by atoms with Gasteiger partial charge in [0.15, 0.2) is 0 Å². The van der Waals surface area contributed by atoms with Crippen LogP contribution in [-0.4, -0.2) is 42.0 Å². The Morgan fingerprint density at radius 2 is 1.80 bits per heavy atom. The number of hydrogen-bond acceptors (Lipinski definition) is 5. The summed E-state index contributed by atoms with van der Waals surface area (Å²) in [5.74, 6) is -0.250. The molecular weight excluding hydrogens is 357 g/mol. The van der Waals surface area contributed by atoms with Crippen LogP contribution in [0.3, 0.4) is 0 Å². The van der Waals surface area contributed by atoms with E-state index in [0.29, 0.717) is 18.8 Å². The molecule has 3 heterocycles. The van der Waals surface area contributed by atoms with Gasteiger partial charge in [-0.3, -0.25) is 4.79 Å². The van der Waals surface area contributed by atoms with Gasteiger partial charge in [-0.1, -0.05) is 6.07 Å². The molecule has 4 nitrogen and oxygen atoms in total. The van der Waals surface area contributed by atoms with E-state index in [1.54, 1.807) is 23.5 Å². The van der Waals surface area contributed by atoms with Crippen LogP contribution in [0.15, 0.2) is 47.2 Å². The molecule has 25 heavy (non-hydrogen) atoms. The Labute approximate surface area is 153 Å². The third-order valence-corrected chi connectivity index (χ3v) is 6.10. The van der Waals surface area contributed by atoms with Crippen molar-refractivity contribution in [1.29, 1.82) is 0 Å². The third kappa shape index (κ3) is 3.43. The molecule has 2 aromatic heterocycles. The first-order valence-corrected chi connectivity index (χ1v) is 9.76. The molecule has 0 saturated carbocycles. The number of rotatable bonds is 3. The van der Waals surface area contributed by atoms with Crippen molar-refractivity contribution in [3.05, 3.63) is 58.7 Å². The maximum atomic E-state index is 13.0. The molecule has 0 spiro atoms. The van der Waals surface area contributed by atoms with E-state index in [2.05, 4.69) is 9.88 Å². The summed E-state index contributed by atoms with van der Waals surface area (Å²) in [4.78, 5) is 22.3. The first-order valence-electron chi connectivity index (χ1n) is 8.00. The summed E-state index contributed by atoms with van der Waals surface area (Å²) in [5, 5.41) is 4.74. The zero-order valence-corrected chi connectivity index (χ0v) is 15.0.